The summed E-state index contributed by atoms with van der Waals surface area (Å²) in [6.07, 6.45) is -3.98. The molecule has 2 aromatic rings. The van der Waals surface area contributed by atoms with Gasteiger partial charge < -0.3 is 10.4 Å². The highest BCUT2D eigenvalue weighted by molar-refractivity contribution is 6.33. The van der Waals surface area contributed by atoms with Crippen LogP contribution in [0.1, 0.15) is 55.7 Å². The lowest BCUT2D eigenvalue weighted by molar-refractivity contribution is -0.178. The van der Waals surface area contributed by atoms with Gasteiger partial charge in [-0.15, -0.1) is 0 Å². The Hall–Kier alpha value is -2.54. The molecular weight excluding hydrogens is 431 g/mol. The van der Waals surface area contributed by atoms with Gasteiger partial charge in [0, 0.05) is 0 Å². The number of nitrogens with one attached hydrogen (secondary N) is 1. The van der Waals surface area contributed by atoms with Crippen molar-refractivity contribution in [3.63, 3.8) is 0 Å². The third-order valence-electron chi connectivity index (χ3n) is 5.34. The second kappa shape index (κ2) is 10.2. The molecule has 0 aromatic heterocycles. The molecule has 0 unspecified atom stereocenters. The van der Waals surface area contributed by atoms with E-state index >= 15 is 0 Å². The van der Waals surface area contributed by atoms with E-state index in [9.17, 15) is 22.8 Å². The van der Waals surface area contributed by atoms with Crippen molar-refractivity contribution in [1.29, 1.82) is 0 Å². The van der Waals surface area contributed by atoms with Gasteiger partial charge in [0.15, 0.2) is 0 Å². The lowest BCUT2D eigenvalue weighted by Gasteiger charge is -2.26. The van der Waals surface area contributed by atoms with Crippen LogP contribution >= 0.6 is 11.6 Å². The van der Waals surface area contributed by atoms with Crippen LogP contribution in [-0.4, -0.2) is 23.2 Å². The van der Waals surface area contributed by atoms with Crippen LogP contribution in [0.2, 0.25) is 5.02 Å². The first kappa shape index (κ1) is 24.7. The standard InChI is InChI=1S/C23H25ClF3NO3/c1-4-15-5-7-16(8-6-15)21(14(3)23(25,26)27)22(31)28-19-12-17(9-10-18(19)24)13(2)11-20(29)30/h5-10,12-14,21H,4,11H2,1-3H3,(H,28,31)(H,29,30)/t13-,14+,21-/m0/s1. The number of carboxylic acids is 1. The summed E-state index contributed by atoms with van der Waals surface area (Å²) in [6, 6.07) is 11.1. The Morgan fingerprint density at radius 2 is 1.65 bits per heavy atom. The average Bonchev–Trinajstić information content (AvgIpc) is 2.69. The van der Waals surface area contributed by atoms with Gasteiger partial charge in [0.25, 0.3) is 0 Å². The Labute approximate surface area is 184 Å². The summed E-state index contributed by atoms with van der Waals surface area (Å²) in [4.78, 5) is 24.0. The van der Waals surface area contributed by atoms with Gasteiger partial charge in [-0.1, -0.05) is 62.7 Å². The Balaban J connectivity index is 2.38. The SMILES string of the molecule is CCc1ccc([C@@H](C(=O)Nc2cc([C@@H](C)CC(=O)O)ccc2Cl)[C@@H](C)C(F)(F)F)cc1. The quantitative estimate of drug-likeness (QED) is 0.484. The third kappa shape index (κ3) is 6.47. The summed E-state index contributed by atoms with van der Waals surface area (Å²) in [7, 11) is 0. The zero-order valence-electron chi connectivity index (χ0n) is 17.5. The van der Waals surface area contributed by atoms with Crippen molar-refractivity contribution in [2.24, 2.45) is 5.92 Å². The lowest BCUT2D eigenvalue weighted by atomic mass is 9.85. The first-order valence-electron chi connectivity index (χ1n) is 9.91. The molecule has 0 aliphatic heterocycles. The first-order chi connectivity index (χ1) is 14.4. The highest BCUT2D eigenvalue weighted by Gasteiger charge is 2.45. The molecular formula is C23H25ClF3NO3. The van der Waals surface area contributed by atoms with Crippen LogP contribution < -0.4 is 5.32 Å². The number of amides is 1. The molecule has 31 heavy (non-hydrogen) atoms. The Bertz CT molecular complexity index is 929. The minimum absolute atomic E-state index is 0.132. The maximum atomic E-state index is 13.5. The molecule has 2 rings (SSSR count). The summed E-state index contributed by atoms with van der Waals surface area (Å²) >= 11 is 6.16. The fraction of sp³-hybridized carbons (Fsp3) is 0.391. The topological polar surface area (TPSA) is 66.4 Å². The van der Waals surface area contributed by atoms with Gasteiger partial charge in [-0.2, -0.15) is 13.2 Å². The number of carbonyl (C=O) groups excluding carboxylic acids is 1. The number of hydrogen-bond donors (Lipinski definition) is 2. The van der Waals surface area contributed by atoms with Crippen molar-refractivity contribution in [1.82, 2.24) is 0 Å². The predicted octanol–water partition coefficient (Wildman–Crippen LogP) is 6.40. The van der Waals surface area contributed by atoms with Gasteiger partial charge in [0.2, 0.25) is 5.91 Å². The zero-order valence-corrected chi connectivity index (χ0v) is 18.2. The monoisotopic (exact) mass is 455 g/mol. The van der Waals surface area contributed by atoms with E-state index in [0.29, 0.717) is 5.56 Å². The summed E-state index contributed by atoms with van der Waals surface area (Å²) in [5, 5.41) is 11.7. The van der Waals surface area contributed by atoms with E-state index in [1.807, 2.05) is 6.92 Å². The fourth-order valence-corrected chi connectivity index (χ4v) is 3.52. The lowest BCUT2D eigenvalue weighted by Crippen LogP contribution is -2.34. The highest BCUT2D eigenvalue weighted by Crippen LogP contribution is 2.39. The largest absolute Gasteiger partial charge is 0.481 e. The van der Waals surface area contributed by atoms with E-state index in [1.54, 1.807) is 25.1 Å². The molecule has 0 aliphatic carbocycles. The van der Waals surface area contributed by atoms with Crippen molar-refractivity contribution in [3.8, 4) is 0 Å². The van der Waals surface area contributed by atoms with E-state index in [2.05, 4.69) is 5.32 Å². The van der Waals surface area contributed by atoms with Crippen LogP contribution in [0.5, 0.6) is 0 Å². The highest BCUT2D eigenvalue weighted by atomic mass is 35.5. The summed E-state index contributed by atoms with van der Waals surface area (Å²) in [6.45, 7) is 4.61. The van der Waals surface area contributed by atoms with Gasteiger partial charge in [-0.25, -0.2) is 0 Å². The van der Waals surface area contributed by atoms with Crippen LogP contribution in [0, 0.1) is 5.92 Å². The number of hydrogen-bond acceptors (Lipinski definition) is 2. The van der Waals surface area contributed by atoms with Crippen LogP contribution in [0.3, 0.4) is 0 Å². The van der Waals surface area contributed by atoms with Gasteiger partial charge in [-0.3, -0.25) is 9.59 Å². The summed E-state index contributed by atoms with van der Waals surface area (Å²) < 4.78 is 40.6. The number of halogens is 4. The molecule has 1 amide bonds. The average molecular weight is 456 g/mol. The van der Waals surface area contributed by atoms with Crippen molar-refractivity contribution in [3.05, 3.63) is 64.2 Å². The molecule has 0 radical (unpaired) electrons. The molecule has 168 valence electrons. The number of carboxylic acid groups (broad SMARTS) is 1. The number of alkyl halides is 3. The molecule has 0 aliphatic rings. The van der Waals surface area contributed by atoms with Crippen molar-refractivity contribution < 1.29 is 27.9 Å². The van der Waals surface area contributed by atoms with Crippen molar-refractivity contribution in [2.45, 2.75) is 51.6 Å². The Kier molecular flexibility index (Phi) is 8.12. The van der Waals surface area contributed by atoms with Gasteiger partial charge in [-0.05, 0) is 41.2 Å². The Morgan fingerprint density at radius 3 is 2.16 bits per heavy atom. The normalized spacial score (nSPS) is 14.5. The van der Waals surface area contributed by atoms with Crippen LogP contribution in [0.25, 0.3) is 0 Å². The van der Waals surface area contributed by atoms with Crippen LogP contribution in [0.4, 0.5) is 18.9 Å². The number of aryl methyl sites for hydroxylation is 1. The molecule has 0 spiro atoms. The zero-order chi connectivity index (χ0) is 23.3. The Morgan fingerprint density at radius 1 is 1.06 bits per heavy atom. The number of anilines is 1. The van der Waals surface area contributed by atoms with Gasteiger partial charge in [0.1, 0.15) is 0 Å². The smallest absolute Gasteiger partial charge is 0.392 e. The van der Waals surface area contributed by atoms with E-state index in [4.69, 9.17) is 16.7 Å². The maximum absolute atomic E-state index is 13.5. The number of benzene rings is 2. The molecule has 0 fully saturated rings. The van der Waals surface area contributed by atoms with Crippen molar-refractivity contribution in [2.75, 3.05) is 5.32 Å². The van der Waals surface area contributed by atoms with Crippen molar-refractivity contribution >= 4 is 29.2 Å². The second-order valence-electron chi connectivity index (χ2n) is 7.63. The fourth-order valence-electron chi connectivity index (χ4n) is 3.35. The minimum atomic E-state index is -4.58. The minimum Gasteiger partial charge on any atom is -0.481 e. The van der Waals surface area contributed by atoms with Gasteiger partial charge >= 0.3 is 12.1 Å². The van der Waals surface area contributed by atoms with Gasteiger partial charge in [0.05, 0.1) is 29.0 Å². The maximum Gasteiger partial charge on any atom is 0.392 e. The molecule has 2 N–H and O–H groups in total. The molecule has 8 heteroatoms. The molecule has 4 nitrogen and oxygen atoms in total. The predicted molar refractivity (Wildman–Crippen MR) is 115 cm³/mol. The molecule has 0 saturated heterocycles. The molecule has 2 aromatic carbocycles. The van der Waals surface area contributed by atoms with E-state index < -0.39 is 29.9 Å². The summed E-state index contributed by atoms with van der Waals surface area (Å²) in [5.41, 5.74) is 1.96. The molecule has 3 atom stereocenters. The number of carbonyl (C=O) groups is 2. The van der Waals surface area contributed by atoms with Crippen LogP contribution in [0.15, 0.2) is 42.5 Å². The molecule has 0 heterocycles. The third-order valence-corrected chi connectivity index (χ3v) is 5.67. The van der Waals surface area contributed by atoms with E-state index in [1.165, 1.54) is 24.3 Å². The summed E-state index contributed by atoms with van der Waals surface area (Å²) in [5.74, 6) is -5.58. The first-order valence-corrected chi connectivity index (χ1v) is 10.3. The van der Waals surface area contributed by atoms with E-state index in [-0.39, 0.29) is 28.6 Å². The number of aliphatic carboxylic acids is 1. The van der Waals surface area contributed by atoms with E-state index in [0.717, 1.165) is 18.9 Å². The van der Waals surface area contributed by atoms with Crippen LogP contribution in [-0.2, 0) is 16.0 Å². The number of rotatable bonds is 8. The second-order valence-corrected chi connectivity index (χ2v) is 8.04. The molecule has 0 bridgehead atoms. The molecule has 0 saturated carbocycles.